The van der Waals surface area contributed by atoms with Crippen LogP contribution in [0.1, 0.15) is 48.8 Å². The molecule has 2 nitrogen and oxygen atoms in total. The number of likely N-dealkylation sites (tertiary alicyclic amines) is 1. The minimum atomic E-state index is -0.168. The molecule has 1 saturated heterocycles. The van der Waals surface area contributed by atoms with Gasteiger partial charge >= 0.3 is 0 Å². The molecule has 1 atom stereocenters. The van der Waals surface area contributed by atoms with Crippen molar-refractivity contribution in [3.63, 3.8) is 0 Å². The zero-order chi connectivity index (χ0) is 16.8. The molecule has 1 fully saturated rings. The van der Waals surface area contributed by atoms with Gasteiger partial charge in [-0.05, 0) is 61.4 Å². The lowest BCUT2D eigenvalue weighted by molar-refractivity contribution is 0.0944. The number of nitrogens with zero attached hydrogens (tertiary/aromatic N) is 1. The third-order valence-electron chi connectivity index (χ3n) is 5.23. The molecule has 0 aliphatic carbocycles. The summed E-state index contributed by atoms with van der Waals surface area (Å²) >= 11 is 0. The lowest BCUT2D eigenvalue weighted by Crippen LogP contribution is -2.38. The lowest BCUT2D eigenvalue weighted by atomic mass is 9.88. The average molecular weight is 323 g/mol. The van der Waals surface area contributed by atoms with Crippen molar-refractivity contribution < 1.29 is 5.11 Å². The van der Waals surface area contributed by atoms with E-state index in [2.05, 4.69) is 66.4 Å². The number of aliphatic hydroxyl groups excluding tert-OH is 1. The Morgan fingerprint density at radius 3 is 2.21 bits per heavy atom. The molecule has 2 heteroatoms. The van der Waals surface area contributed by atoms with Gasteiger partial charge in [0, 0.05) is 6.54 Å². The second-order valence-electron chi connectivity index (χ2n) is 7.04. The smallest absolute Gasteiger partial charge is 0.0664 e. The van der Waals surface area contributed by atoms with E-state index in [0.29, 0.717) is 5.92 Å². The van der Waals surface area contributed by atoms with E-state index in [9.17, 15) is 5.11 Å². The molecule has 2 aromatic rings. The highest BCUT2D eigenvalue weighted by molar-refractivity contribution is 5.30. The molecule has 1 aliphatic heterocycles. The first-order valence-corrected chi connectivity index (χ1v) is 9.27. The van der Waals surface area contributed by atoms with Crippen LogP contribution in [-0.4, -0.2) is 35.7 Å². The second-order valence-corrected chi connectivity index (χ2v) is 7.04. The van der Waals surface area contributed by atoms with Crippen molar-refractivity contribution in [1.29, 1.82) is 0 Å². The molecule has 2 aromatic carbocycles. The van der Waals surface area contributed by atoms with Crippen LogP contribution in [0.5, 0.6) is 0 Å². The van der Waals surface area contributed by atoms with Crippen LogP contribution in [0.2, 0.25) is 0 Å². The van der Waals surface area contributed by atoms with E-state index in [4.69, 9.17) is 0 Å². The number of β-amino-alcohol motifs (C(OH)–C–C–N with tert-alkyl or cyclic N) is 1. The van der Waals surface area contributed by atoms with Crippen LogP contribution in [-0.2, 0) is 6.42 Å². The summed E-state index contributed by atoms with van der Waals surface area (Å²) in [4.78, 5) is 2.41. The summed E-state index contributed by atoms with van der Waals surface area (Å²) in [6, 6.07) is 19.9. The maximum atomic E-state index is 9.80. The van der Waals surface area contributed by atoms with Gasteiger partial charge in [0.1, 0.15) is 0 Å². The van der Waals surface area contributed by atoms with E-state index < -0.39 is 0 Å². The number of piperidine rings is 1. The molecule has 0 radical (unpaired) electrons. The van der Waals surface area contributed by atoms with Crippen LogP contribution >= 0.6 is 0 Å². The molecular formula is C22H29NO. The maximum absolute atomic E-state index is 9.80. The van der Waals surface area contributed by atoms with Crippen molar-refractivity contribution >= 4 is 0 Å². The van der Waals surface area contributed by atoms with Gasteiger partial charge in [-0.3, -0.25) is 0 Å². The SMILES string of the molecule is CCC(O)CN1CCC(c2ccc(Cc3ccccc3)cc2)CC1. The van der Waals surface area contributed by atoms with E-state index >= 15 is 0 Å². The molecule has 1 heterocycles. The fourth-order valence-electron chi connectivity index (χ4n) is 3.62. The fraction of sp³-hybridized carbons (Fsp3) is 0.455. The molecule has 1 aliphatic rings. The topological polar surface area (TPSA) is 23.5 Å². The molecule has 128 valence electrons. The van der Waals surface area contributed by atoms with Gasteiger partial charge < -0.3 is 10.0 Å². The zero-order valence-electron chi connectivity index (χ0n) is 14.7. The first kappa shape index (κ1) is 17.2. The number of aliphatic hydroxyl groups is 1. The number of benzene rings is 2. The Hall–Kier alpha value is -1.64. The molecule has 0 bridgehead atoms. The Balaban J connectivity index is 1.53. The molecule has 0 amide bonds. The van der Waals surface area contributed by atoms with Crippen LogP contribution in [0.3, 0.4) is 0 Å². The highest BCUT2D eigenvalue weighted by atomic mass is 16.3. The average Bonchev–Trinajstić information content (AvgIpc) is 2.64. The number of hydrogen-bond donors (Lipinski definition) is 1. The molecule has 1 N–H and O–H groups in total. The van der Waals surface area contributed by atoms with Crippen LogP contribution in [0.15, 0.2) is 54.6 Å². The summed E-state index contributed by atoms with van der Waals surface area (Å²) < 4.78 is 0. The van der Waals surface area contributed by atoms with Gasteiger partial charge in [0.15, 0.2) is 0 Å². The number of rotatable bonds is 6. The summed E-state index contributed by atoms with van der Waals surface area (Å²) in [5, 5.41) is 9.80. The second kappa shape index (κ2) is 8.46. The normalized spacial score (nSPS) is 17.8. The van der Waals surface area contributed by atoms with Crippen molar-refractivity contribution in [2.24, 2.45) is 0 Å². The summed E-state index contributed by atoms with van der Waals surface area (Å²) in [5.41, 5.74) is 4.23. The molecule has 3 rings (SSSR count). The molecule has 0 saturated carbocycles. The van der Waals surface area contributed by atoms with Gasteiger partial charge in [0.05, 0.1) is 6.10 Å². The summed E-state index contributed by atoms with van der Waals surface area (Å²) in [6.45, 7) is 5.09. The first-order valence-electron chi connectivity index (χ1n) is 9.27. The van der Waals surface area contributed by atoms with E-state index in [1.165, 1.54) is 29.5 Å². The van der Waals surface area contributed by atoms with E-state index in [1.54, 1.807) is 0 Å². The predicted octanol–water partition coefficient (Wildman–Crippen LogP) is 4.23. The Morgan fingerprint density at radius 1 is 0.958 bits per heavy atom. The zero-order valence-corrected chi connectivity index (χ0v) is 14.7. The van der Waals surface area contributed by atoms with Gasteiger partial charge in [-0.25, -0.2) is 0 Å². The fourth-order valence-corrected chi connectivity index (χ4v) is 3.62. The minimum absolute atomic E-state index is 0.168. The standard InChI is InChI=1S/C22H29NO/c1-2-22(24)17-23-14-12-21(13-15-23)20-10-8-19(9-11-20)16-18-6-4-3-5-7-18/h3-11,21-22,24H,2,12-17H2,1H3. The van der Waals surface area contributed by atoms with Crippen LogP contribution in [0.25, 0.3) is 0 Å². The third kappa shape index (κ3) is 4.68. The summed E-state index contributed by atoms with van der Waals surface area (Å²) in [7, 11) is 0. The molecular weight excluding hydrogens is 294 g/mol. The monoisotopic (exact) mass is 323 g/mol. The molecule has 1 unspecified atom stereocenters. The lowest BCUT2D eigenvalue weighted by Gasteiger charge is -2.33. The van der Waals surface area contributed by atoms with Crippen molar-refractivity contribution in [2.75, 3.05) is 19.6 Å². The van der Waals surface area contributed by atoms with Gasteiger partial charge in [-0.15, -0.1) is 0 Å². The Bertz CT molecular complexity index is 600. The van der Waals surface area contributed by atoms with Crippen molar-refractivity contribution in [3.8, 4) is 0 Å². The van der Waals surface area contributed by atoms with E-state index in [0.717, 1.165) is 32.5 Å². The van der Waals surface area contributed by atoms with Gasteiger partial charge in [0.25, 0.3) is 0 Å². The number of hydrogen-bond acceptors (Lipinski definition) is 2. The van der Waals surface area contributed by atoms with Gasteiger partial charge in [-0.2, -0.15) is 0 Å². The van der Waals surface area contributed by atoms with E-state index in [-0.39, 0.29) is 6.10 Å². The maximum Gasteiger partial charge on any atom is 0.0664 e. The first-order chi connectivity index (χ1) is 11.7. The van der Waals surface area contributed by atoms with Crippen molar-refractivity contribution in [2.45, 2.75) is 44.6 Å². The highest BCUT2D eigenvalue weighted by Crippen LogP contribution is 2.28. The highest BCUT2D eigenvalue weighted by Gasteiger charge is 2.21. The van der Waals surface area contributed by atoms with Crippen LogP contribution in [0.4, 0.5) is 0 Å². The van der Waals surface area contributed by atoms with Crippen molar-refractivity contribution in [3.05, 3.63) is 71.3 Å². The van der Waals surface area contributed by atoms with Crippen LogP contribution in [0, 0.1) is 0 Å². The molecule has 0 aromatic heterocycles. The summed E-state index contributed by atoms with van der Waals surface area (Å²) in [5.74, 6) is 0.672. The van der Waals surface area contributed by atoms with Crippen LogP contribution < -0.4 is 0 Å². The third-order valence-corrected chi connectivity index (χ3v) is 5.23. The molecule has 0 spiro atoms. The van der Waals surface area contributed by atoms with Gasteiger partial charge in [-0.1, -0.05) is 61.5 Å². The quantitative estimate of drug-likeness (QED) is 0.860. The molecule has 24 heavy (non-hydrogen) atoms. The van der Waals surface area contributed by atoms with Gasteiger partial charge in [0.2, 0.25) is 0 Å². The minimum Gasteiger partial charge on any atom is -0.392 e. The van der Waals surface area contributed by atoms with E-state index in [1.807, 2.05) is 0 Å². The summed E-state index contributed by atoms with van der Waals surface area (Å²) in [6.07, 6.45) is 4.10. The largest absolute Gasteiger partial charge is 0.392 e. The van der Waals surface area contributed by atoms with Crippen molar-refractivity contribution in [1.82, 2.24) is 4.90 Å². The Kier molecular flexibility index (Phi) is 6.06. The Labute approximate surface area is 146 Å². The predicted molar refractivity (Wildman–Crippen MR) is 100 cm³/mol. The Morgan fingerprint density at radius 2 is 1.58 bits per heavy atom.